The average Bonchev–Trinajstić information content (AvgIpc) is 2.34. The highest BCUT2D eigenvalue weighted by atomic mass is 19.4. The first-order valence-corrected chi connectivity index (χ1v) is 7.25. The second kappa shape index (κ2) is 8.58. The van der Waals surface area contributed by atoms with Gasteiger partial charge in [-0.1, -0.05) is 6.92 Å². The van der Waals surface area contributed by atoms with E-state index in [1.54, 1.807) is 20.8 Å². The highest BCUT2D eigenvalue weighted by molar-refractivity contribution is 5.80. The van der Waals surface area contributed by atoms with E-state index in [1.807, 2.05) is 6.92 Å². The molecule has 7 heteroatoms. The third-order valence-corrected chi connectivity index (χ3v) is 3.38. The molecule has 0 heterocycles. The molecular formula is C14H27F3N2O2. The summed E-state index contributed by atoms with van der Waals surface area (Å²) in [5, 5.41) is 3.10. The van der Waals surface area contributed by atoms with Crippen LogP contribution in [0.3, 0.4) is 0 Å². The SMILES string of the molecule is CCCNC(C)(CC(C)N(C)CC(F)(F)F)C(=O)OCC. The van der Waals surface area contributed by atoms with Gasteiger partial charge in [-0.3, -0.25) is 9.69 Å². The summed E-state index contributed by atoms with van der Waals surface area (Å²) in [5.41, 5.74) is -0.981. The number of alkyl halides is 3. The van der Waals surface area contributed by atoms with Crippen molar-refractivity contribution in [2.45, 2.75) is 58.3 Å². The number of halogens is 3. The van der Waals surface area contributed by atoms with Crippen LogP contribution in [-0.4, -0.2) is 55.4 Å². The van der Waals surface area contributed by atoms with Crippen molar-refractivity contribution in [1.29, 1.82) is 0 Å². The Kier molecular flexibility index (Phi) is 8.25. The zero-order chi connectivity index (χ0) is 16.7. The van der Waals surface area contributed by atoms with Crippen molar-refractivity contribution < 1.29 is 22.7 Å². The Morgan fingerprint density at radius 1 is 1.33 bits per heavy atom. The molecule has 2 unspecified atom stereocenters. The standard InChI is InChI=1S/C14H27F3N2O2/c1-6-8-18-13(4,12(20)21-7-2)9-11(3)19(5)10-14(15,16)17/h11,18H,6-10H2,1-5H3. The van der Waals surface area contributed by atoms with Crippen molar-refractivity contribution in [3.8, 4) is 0 Å². The van der Waals surface area contributed by atoms with Crippen molar-refractivity contribution in [1.82, 2.24) is 10.2 Å². The lowest BCUT2D eigenvalue weighted by Crippen LogP contribution is -2.54. The van der Waals surface area contributed by atoms with Crippen LogP contribution < -0.4 is 5.32 Å². The zero-order valence-electron chi connectivity index (χ0n) is 13.5. The van der Waals surface area contributed by atoms with Crippen LogP contribution in [0.5, 0.6) is 0 Å². The number of nitrogens with one attached hydrogen (secondary N) is 1. The number of nitrogens with zero attached hydrogens (tertiary/aromatic N) is 1. The highest BCUT2D eigenvalue weighted by Crippen LogP contribution is 2.22. The first kappa shape index (κ1) is 20.2. The number of ether oxygens (including phenoxy) is 1. The molecule has 0 rings (SSSR count). The summed E-state index contributed by atoms with van der Waals surface area (Å²) >= 11 is 0. The van der Waals surface area contributed by atoms with E-state index in [1.165, 1.54) is 11.9 Å². The van der Waals surface area contributed by atoms with Gasteiger partial charge in [-0.2, -0.15) is 13.2 Å². The lowest BCUT2D eigenvalue weighted by atomic mass is 9.92. The summed E-state index contributed by atoms with van der Waals surface area (Å²) < 4.78 is 42.3. The Labute approximate surface area is 125 Å². The predicted octanol–water partition coefficient (Wildman–Crippen LogP) is 2.58. The summed E-state index contributed by atoms with van der Waals surface area (Å²) in [6, 6.07) is -0.412. The van der Waals surface area contributed by atoms with Crippen LogP contribution in [0.4, 0.5) is 13.2 Å². The van der Waals surface area contributed by atoms with Gasteiger partial charge in [0.1, 0.15) is 5.54 Å². The normalized spacial score (nSPS) is 16.6. The fraction of sp³-hybridized carbons (Fsp3) is 0.929. The van der Waals surface area contributed by atoms with Gasteiger partial charge in [-0.25, -0.2) is 0 Å². The molecule has 0 aliphatic rings. The Morgan fingerprint density at radius 3 is 2.33 bits per heavy atom. The minimum Gasteiger partial charge on any atom is -0.465 e. The molecule has 2 atom stereocenters. The van der Waals surface area contributed by atoms with Crippen molar-refractivity contribution in [3.63, 3.8) is 0 Å². The maximum Gasteiger partial charge on any atom is 0.401 e. The zero-order valence-corrected chi connectivity index (χ0v) is 13.5. The van der Waals surface area contributed by atoms with Gasteiger partial charge in [0.2, 0.25) is 0 Å². The molecular weight excluding hydrogens is 285 g/mol. The number of rotatable bonds is 9. The van der Waals surface area contributed by atoms with Crippen LogP contribution in [0, 0.1) is 0 Å². The van der Waals surface area contributed by atoms with Gasteiger partial charge in [-0.15, -0.1) is 0 Å². The predicted molar refractivity (Wildman–Crippen MR) is 76.1 cm³/mol. The summed E-state index contributed by atoms with van der Waals surface area (Å²) in [6.45, 7) is 6.87. The number of hydrogen-bond donors (Lipinski definition) is 1. The molecule has 4 nitrogen and oxygen atoms in total. The van der Waals surface area contributed by atoms with Crippen molar-refractivity contribution in [2.24, 2.45) is 0 Å². The van der Waals surface area contributed by atoms with Gasteiger partial charge < -0.3 is 10.1 Å². The van der Waals surface area contributed by atoms with Crippen molar-refractivity contribution >= 4 is 5.97 Å². The van der Waals surface area contributed by atoms with E-state index in [-0.39, 0.29) is 13.0 Å². The van der Waals surface area contributed by atoms with Gasteiger partial charge in [0.25, 0.3) is 0 Å². The molecule has 0 aromatic heterocycles. The first-order chi connectivity index (χ1) is 9.55. The van der Waals surface area contributed by atoms with Crippen LogP contribution >= 0.6 is 0 Å². The average molecular weight is 312 g/mol. The molecule has 0 bridgehead atoms. The lowest BCUT2D eigenvalue weighted by Gasteiger charge is -2.35. The second-order valence-electron chi connectivity index (χ2n) is 5.56. The number of hydrogen-bond acceptors (Lipinski definition) is 4. The highest BCUT2D eigenvalue weighted by Gasteiger charge is 2.38. The molecule has 0 fully saturated rings. The topological polar surface area (TPSA) is 41.6 Å². The van der Waals surface area contributed by atoms with E-state index in [2.05, 4.69) is 5.32 Å². The van der Waals surface area contributed by atoms with Gasteiger partial charge in [-0.05, 0) is 47.2 Å². The molecule has 0 amide bonds. The molecule has 0 aromatic rings. The summed E-state index contributed by atoms with van der Waals surface area (Å²) in [6.07, 6.45) is -3.18. The van der Waals surface area contributed by atoms with Crippen LogP contribution in [-0.2, 0) is 9.53 Å². The van der Waals surface area contributed by atoms with E-state index in [4.69, 9.17) is 4.74 Å². The van der Waals surface area contributed by atoms with Crippen LogP contribution in [0.2, 0.25) is 0 Å². The van der Waals surface area contributed by atoms with E-state index >= 15 is 0 Å². The monoisotopic (exact) mass is 312 g/mol. The van der Waals surface area contributed by atoms with Gasteiger partial charge >= 0.3 is 12.1 Å². The van der Waals surface area contributed by atoms with Crippen LogP contribution in [0.25, 0.3) is 0 Å². The fourth-order valence-electron chi connectivity index (χ4n) is 2.10. The Hall–Kier alpha value is -0.820. The Bertz CT molecular complexity index is 324. The van der Waals surface area contributed by atoms with Gasteiger partial charge in [0.05, 0.1) is 13.2 Å². The van der Waals surface area contributed by atoms with E-state index < -0.39 is 30.3 Å². The smallest absolute Gasteiger partial charge is 0.401 e. The number of esters is 1. The molecule has 126 valence electrons. The molecule has 0 spiro atoms. The van der Waals surface area contributed by atoms with Crippen molar-refractivity contribution in [3.05, 3.63) is 0 Å². The Morgan fingerprint density at radius 2 is 1.90 bits per heavy atom. The molecule has 21 heavy (non-hydrogen) atoms. The quantitative estimate of drug-likeness (QED) is 0.665. The maximum atomic E-state index is 12.4. The summed E-state index contributed by atoms with van der Waals surface area (Å²) in [7, 11) is 1.41. The Balaban J connectivity index is 4.82. The van der Waals surface area contributed by atoms with Gasteiger partial charge in [0.15, 0.2) is 0 Å². The molecule has 0 aromatic carbocycles. The first-order valence-electron chi connectivity index (χ1n) is 7.25. The largest absolute Gasteiger partial charge is 0.465 e. The summed E-state index contributed by atoms with van der Waals surface area (Å²) in [5.74, 6) is -0.425. The van der Waals surface area contributed by atoms with Crippen LogP contribution in [0.15, 0.2) is 0 Å². The molecule has 0 aliphatic carbocycles. The number of carbonyl (C=O) groups is 1. The van der Waals surface area contributed by atoms with Gasteiger partial charge in [0, 0.05) is 6.04 Å². The molecule has 0 saturated carbocycles. The number of carbonyl (C=O) groups excluding carboxylic acids is 1. The molecule has 1 N–H and O–H groups in total. The third-order valence-electron chi connectivity index (χ3n) is 3.38. The second-order valence-corrected chi connectivity index (χ2v) is 5.56. The summed E-state index contributed by atoms with van der Waals surface area (Å²) in [4.78, 5) is 13.3. The van der Waals surface area contributed by atoms with Crippen molar-refractivity contribution in [2.75, 3.05) is 26.7 Å². The van der Waals surface area contributed by atoms with Crippen LogP contribution in [0.1, 0.15) is 40.5 Å². The molecule has 0 saturated heterocycles. The fourth-order valence-corrected chi connectivity index (χ4v) is 2.10. The minimum absolute atomic E-state index is 0.245. The van der Waals surface area contributed by atoms with E-state index in [9.17, 15) is 18.0 Å². The van der Waals surface area contributed by atoms with E-state index in [0.717, 1.165) is 6.42 Å². The van der Waals surface area contributed by atoms with E-state index in [0.29, 0.717) is 6.54 Å². The minimum atomic E-state index is -4.25. The molecule has 0 radical (unpaired) electrons. The third kappa shape index (κ3) is 7.66. The maximum absolute atomic E-state index is 12.4. The molecule has 0 aliphatic heterocycles. The lowest BCUT2D eigenvalue weighted by molar-refractivity contribution is -0.154.